The predicted molar refractivity (Wildman–Crippen MR) is 92.5 cm³/mol. The molecule has 1 aromatic heterocycles. The van der Waals surface area contributed by atoms with Gasteiger partial charge < -0.3 is 24.4 Å². The summed E-state index contributed by atoms with van der Waals surface area (Å²) in [5.74, 6) is 1.16. The van der Waals surface area contributed by atoms with Crippen LogP contribution in [0.2, 0.25) is 0 Å². The van der Waals surface area contributed by atoms with Crippen LogP contribution >= 0.6 is 0 Å². The Morgan fingerprint density at radius 3 is 3.00 bits per heavy atom. The zero-order valence-corrected chi connectivity index (χ0v) is 14.8. The molecule has 0 spiro atoms. The highest BCUT2D eigenvalue weighted by atomic mass is 16.5. The van der Waals surface area contributed by atoms with Gasteiger partial charge in [0, 0.05) is 38.6 Å². The molecule has 0 aliphatic carbocycles. The first-order chi connectivity index (χ1) is 12.3. The van der Waals surface area contributed by atoms with E-state index in [0.717, 1.165) is 38.0 Å². The largest absolute Gasteiger partial charge is 0.481 e. The minimum Gasteiger partial charge on any atom is -0.481 e. The molecule has 1 atom stereocenters. The molecule has 25 heavy (non-hydrogen) atoms. The van der Waals surface area contributed by atoms with Crippen LogP contribution in [0.25, 0.3) is 0 Å². The van der Waals surface area contributed by atoms with Crippen molar-refractivity contribution in [1.82, 2.24) is 15.2 Å². The number of methoxy groups -OCH3 is 1. The second-order valence-corrected chi connectivity index (χ2v) is 6.58. The highest BCUT2D eigenvalue weighted by Crippen LogP contribution is 2.24. The monoisotopic (exact) mass is 349 g/mol. The Morgan fingerprint density at radius 2 is 2.20 bits per heavy atom. The third-order valence-corrected chi connectivity index (χ3v) is 4.89. The molecule has 2 fully saturated rings. The average Bonchev–Trinajstić information content (AvgIpc) is 2.67. The topological polar surface area (TPSA) is 72.9 Å². The van der Waals surface area contributed by atoms with Crippen LogP contribution in [0.4, 0.5) is 4.79 Å². The molecule has 3 rings (SSSR count). The first kappa shape index (κ1) is 17.9. The van der Waals surface area contributed by atoms with Crippen LogP contribution in [0.1, 0.15) is 24.8 Å². The molecule has 0 bridgehead atoms. The molecular formula is C18H27N3O4. The third kappa shape index (κ3) is 5.06. The number of hydrogen-bond donors (Lipinski definition) is 1. The van der Waals surface area contributed by atoms with Crippen LogP contribution in [-0.4, -0.2) is 62.0 Å². The van der Waals surface area contributed by atoms with Gasteiger partial charge in [-0.1, -0.05) is 0 Å². The molecule has 2 aliphatic heterocycles. The van der Waals surface area contributed by atoms with E-state index in [9.17, 15) is 4.79 Å². The number of carbonyl (C=O) groups is 1. The lowest BCUT2D eigenvalue weighted by atomic mass is 9.92. The van der Waals surface area contributed by atoms with Crippen molar-refractivity contribution in [1.29, 1.82) is 0 Å². The van der Waals surface area contributed by atoms with E-state index in [1.165, 1.54) is 0 Å². The fourth-order valence-corrected chi connectivity index (χ4v) is 3.44. The molecule has 7 heteroatoms. The molecule has 1 unspecified atom stereocenters. The molecule has 2 aliphatic rings. The highest BCUT2D eigenvalue weighted by molar-refractivity contribution is 5.74. The normalized spacial score (nSPS) is 21.8. The van der Waals surface area contributed by atoms with Crippen LogP contribution < -0.4 is 10.1 Å². The number of pyridine rings is 1. The van der Waals surface area contributed by atoms with E-state index in [0.29, 0.717) is 38.1 Å². The number of ether oxygens (including phenoxy) is 3. The van der Waals surface area contributed by atoms with Crippen LogP contribution in [0.3, 0.4) is 0 Å². The summed E-state index contributed by atoms with van der Waals surface area (Å²) in [7, 11) is 1.58. The van der Waals surface area contributed by atoms with Crippen molar-refractivity contribution in [3.63, 3.8) is 0 Å². The molecule has 1 N–H and O–H groups in total. The number of nitrogens with zero attached hydrogens (tertiary/aromatic N) is 2. The molecule has 2 saturated heterocycles. The zero-order valence-electron chi connectivity index (χ0n) is 14.8. The number of rotatable bonds is 5. The Bertz CT molecular complexity index is 563. The number of urea groups is 1. The summed E-state index contributed by atoms with van der Waals surface area (Å²) in [6.07, 6.45) is 4.81. The first-order valence-electron chi connectivity index (χ1n) is 8.95. The predicted octanol–water partition coefficient (Wildman–Crippen LogP) is 1.82. The molecule has 7 nitrogen and oxygen atoms in total. The number of aromatic nitrogens is 1. The standard InChI is InChI=1S/C18H27N3O4/c1-23-17-11-15(2-5-19-17)12-20-18(22)21-6-9-25-13-16(21)10-14-3-7-24-8-4-14/h2,5,11,14,16H,3-4,6-10,12-13H2,1H3,(H,20,22). The quantitative estimate of drug-likeness (QED) is 0.878. The Balaban J connectivity index is 1.54. The van der Waals surface area contributed by atoms with E-state index >= 15 is 0 Å². The number of carbonyl (C=O) groups excluding carboxylic acids is 1. The van der Waals surface area contributed by atoms with Crippen LogP contribution in [0, 0.1) is 5.92 Å². The highest BCUT2D eigenvalue weighted by Gasteiger charge is 2.30. The lowest BCUT2D eigenvalue weighted by Gasteiger charge is -2.38. The van der Waals surface area contributed by atoms with Crippen LogP contribution in [0.15, 0.2) is 18.3 Å². The summed E-state index contributed by atoms with van der Waals surface area (Å²) in [6.45, 7) is 3.97. The van der Waals surface area contributed by atoms with Crippen molar-refractivity contribution in [2.75, 3.05) is 40.1 Å². The van der Waals surface area contributed by atoms with Gasteiger partial charge in [0.25, 0.3) is 0 Å². The van der Waals surface area contributed by atoms with Gasteiger partial charge in [-0.05, 0) is 36.8 Å². The minimum absolute atomic E-state index is 0.0314. The first-order valence-corrected chi connectivity index (χ1v) is 8.95. The number of nitrogens with one attached hydrogen (secondary N) is 1. The summed E-state index contributed by atoms with van der Waals surface area (Å²) in [5, 5.41) is 3.01. The second-order valence-electron chi connectivity index (χ2n) is 6.58. The summed E-state index contributed by atoms with van der Waals surface area (Å²) in [6, 6.07) is 3.82. The Kier molecular flexibility index (Phi) is 6.47. The van der Waals surface area contributed by atoms with Crippen molar-refractivity contribution in [3.05, 3.63) is 23.9 Å². The van der Waals surface area contributed by atoms with Crippen molar-refractivity contribution >= 4 is 6.03 Å². The van der Waals surface area contributed by atoms with E-state index in [1.54, 1.807) is 13.3 Å². The van der Waals surface area contributed by atoms with Gasteiger partial charge in [-0.25, -0.2) is 9.78 Å². The molecule has 3 heterocycles. The maximum Gasteiger partial charge on any atom is 0.318 e. The molecule has 0 saturated carbocycles. The fraction of sp³-hybridized carbons (Fsp3) is 0.667. The van der Waals surface area contributed by atoms with Crippen molar-refractivity contribution in [2.24, 2.45) is 5.92 Å². The number of amides is 2. The van der Waals surface area contributed by atoms with E-state index in [2.05, 4.69) is 10.3 Å². The Morgan fingerprint density at radius 1 is 1.36 bits per heavy atom. The van der Waals surface area contributed by atoms with Crippen molar-refractivity contribution in [3.8, 4) is 5.88 Å². The second kappa shape index (κ2) is 9.01. The van der Waals surface area contributed by atoms with Crippen LogP contribution in [-0.2, 0) is 16.0 Å². The van der Waals surface area contributed by atoms with Gasteiger partial charge in [0.1, 0.15) is 0 Å². The molecule has 1 aromatic rings. The van der Waals surface area contributed by atoms with E-state index < -0.39 is 0 Å². The maximum atomic E-state index is 12.7. The van der Waals surface area contributed by atoms with Crippen molar-refractivity contribution < 1.29 is 19.0 Å². The summed E-state index contributed by atoms with van der Waals surface area (Å²) in [4.78, 5) is 18.7. The van der Waals surface area contributed by atoms with Gasteiger partial charge in [0.2, 0.25) is 5.88 Å². The van der Waals surface area contributed by atoms with Gasteiger partial charge in [0.05, 0.1) is 26.4 Å². The van der Waals surface area contributed by atoms with Crippen molar-refractivity contribution in [2.45, 2.75) is 31.8 Å². The third-order valence-electron chi connectivity index (χ3n) is 4.89. The Hall–Kier alpha value is -1.86. The SMILES string of the molecule is COc1cc(CNC(=O)N2CCOCC2CC2CCOCC2)ccn1. The van der Waals surface area contributed by atoms with Gasteiger partial charge in [-0.15, -0.1) is 0 Å². The van der Waals surface area contributed by atoms with Gasteiger partial charge in [-0.3, -0.25) is 0 Å². The lowest BCUT2D eigenvalue weighted by molar-refractivity contribution is -0.00750. The maximum absolute atomic E-state index is 12.7. The molecule has 0 radical (unpaired) electrons. The summed E-state index contributed by atoms with van der Waals surface area (Å²) in [5.41, 5.74) is 0.967. The van der Waals surface area contributed by atoms with Gasteiger partial charge >= 0.3 is 6.03 Å². The molecule has 138 valence electrons. The van der Waals surface area contributed by atoms with E-state index in [4.69, 9.17) is 14.2 Å². The smallest absolute Gasteiger partial charge is 0.318 e. The zero-order chi connectivity index (χ0) is 17.5. The van der Waals surface area contributed by atoms with E-state index in [1.807, 2.05) is 17.0 Å². The molecular weight excluding hydrogens is 322 g/mol. The summed E-state index contributed by atoms with van der Waals surface area (Å²) < 4.78 is 16.2. The van der Waals surface area contributed by atoms with Gasteiger partial charge in [0.15, 0.2) is 0 Å². The summed E-state index contributed by atoms with van der Waals surface area (Å²) >= 11 is 0. The molecule has 2 amide bonds. The molecule has 0 aromatic carbocycles. The number of hydrogen-bond acceptors (Lipinski definition) is 5. The number of morpholine rings is 1. The average molecular weight is 349 g/mol. The van der Waals surface area contributed by atoms with Crippen LogP contribution in [0.5, 0.6) is 5.88 Å². The van der Waals surface area contributed by atoms with E-state index in [-0.39, 0.29) is 12.1 Å². The van der Waals surface area contributed by atoms with Gasteiger partial charge in [-0.2, -0.15) is 0 Å². The minimum atomic E-state index is -0.0314. The Labute approximate surface area is 148 Å². The lowest BCUT2D eigenvalue weighted by Crippen LogP contribution is -2.53. The fourth-order valence-electron chi connectivity index (χ4n) is 3.44.